The summed E-state index contributed by atoms with van der Waals surface area (Å²) in [6, 6.07) is 15.2. The van der Waals surface area contributed by atoms with Gasteiger partial charge in [0.1, 0.15) is 0 Å². The number of carbonyl (C=O) groups is 2. The van der Waals surface area contributed by atoms with Crippen LogP contribution in [0.1, 0.15) is 45.4 Å². The van der Waals surface area contributed by atoms with E-state index in [0.717, 1.165) is 17.0 Å². The van der Waals surface area contributed by atoms with E-state index in [1.165, 1.54) is 17.2 Å². The van der Waals surface area contributed by atoms with E-state index in [-0.39, 0.29) is 11.8 Å². The average Bonchev–Trinajstić information content (AvgIpc) is 3.01. The van der Waals surface area contributed by atoms with Gasteiger partial charge in [0.25, 0.3) is 5.91 Å². The Bertz CT molecular complexity index is 1090. The number of amides is 2. The van der Waals surface area contributed by atoms with Crippen LogP contribution in [0.4, 0.5) is 5.69 Å². The number of hydrogen-bond donors (Lipinski definition) is 2. The monoisotopic (exact) mass is 416 g/mol. The summed E-state index contributed by atoms with van der Waals surface area (Å²) >= 11 is 0. The molecule has 0 unspecified atom stereocenters. The van der Waals surface area contributed by atoms with E-state index in [0.29, 0.717) is 24.3 Å². The molecule has 3 rings (SSSR count). The summed E-state index contributed by atoms with van der Waals surface area (Å²) in [7, 11) is 0. The summed E-state index contributed by atoms with van der Waals surface area (Å²) in [5.41, 5.74) is 6.42. The average molecular weight is 417 g/mol. The molecule has 6 heteroatoms. The van der Waals surface area contributed by atoms with Crippen LogP contribution >= 0.6 is 0 Å². The Hall–Kier alpha value is -3.67. The first-order valence-corrected chi connectivity index (χ1v) is 10.3. The quantitative estimate of drug-likeness (QED) is 0.565. The van der Waals surface area contributed by atoms with Crippen molar-refractivity contribution in [3.05, 3.63) is 88.2 Å². The number of nitrogens with zero attached hydrogens (tertiary/aromatic N) is 2. The van der Waals surface area contributed by atoms with Crippen molar-refractivity contribution in [3.63, 3.8) is 0 Å². The highest BCUT2D eigenvalue weighted by Crippen LogP contribution is 2.17. The second-order valence-electron chi connectivity index (χ2n) is 7.49. The molecule has 31 heavy (non-hydrogen) atoms. The SMILES string of the molecule is CCNC(=O)c1ccc(NC(=O)C=Cc2c(C)nn(Cc3ccc(C)cc3)c2C)cc1. The van der Waals surface area contributed by atoms with Gasteiger partial charge < -0.3 is 10.6 Å². The molecule has 1 aromatic heterocycles. The minimum Gasteiger partial charge on any atom is -0.352 e. The molecule has 0 aliphatic carbocycles. The molecular formula is C25H28N4O2. The van der Waals surface area contributed by atoms with Crippen LogP contribution in [0.3, 0.4) is 0 Å². The number of hydrogen-bond acceptors (Lipinski definition) is 3. The minimum absolute atomic E-state index is 0.131. The third-order valence-corrected chi connectivity index (χ3v) is 5.04. The van der Waals surface area contributed by atoms with E-state index in [9.17, 15) is 9.59 Å². The maximum Gasteiger partial charge on any atom is 0.251 e. The predicted molar refractivity (Wildman–Crippen MR) is 124 cm³/mol. The fourth-order valence-electron chi connectivity index (χ4n) is 3.28. The normalized spacial score (nSPS) is 11.0. The van der Waals surface area contributed by atoms with Crippen LogP contribution < -0.4 is 10.6 Å². The molecule has 0 fully saturated rings. The van der Waals surface area contributed by atoms with Gasteiger partial charge in [0.15, 0.2) is 0 Å². The Morgan fingerprint density at radius 2 is 1.68 bits per heavy atom. The van der Waals surface area contributed by atoms with Crippen molar-refractivity contribution in [1.82, 2.24) is 15.1 Å². The third-order valence-electron chi connectivity index (χ3n) is 5.04. The molecule has 0 aliphatic rings. The van der Waals surface area contributed by atoms with Gasteiger partial charge in [-0.2, -0.15) is 5.10 Å². The van der Waals surface area contributed by atoms with Crippen molar-refractivity contribution >= 4 is 23.6 Å². The van der Waals surface area contributed by atoms with Crippen LogP contribution in [0.25, 0.3) is 6.08 Å². The number of aromatic nitrogens is 2. The number of anilines is 1. The fraction of sp³-hybridized carbons (Fsp3) is 0.240. The van der Waals surface area contributed by atoms with Gasteiger partial charge in [-0.3, -0.25) is 14.3 Å². The Labute approximate surface area is 183 Å². The molecule has 0 aliphatic heterocycles. The van der Waals surface area contributed by atoms with Gasteiger partial charge in [0.2, 0.25) is 5.91 Å². The highest BCUT2D eigenvalue weighted by molar-refractivity contribution is 6.02. The second kappa shape index (κ2) is 9.89. The largest absolute Gasteiger partial charge is 0.352 e. The van der Waals surface area contributed by atoms with E-state index in [2.05, 4.69) is 46.9 Å². The van der Waals surface area contributed by atoms with Crippen molar-refractivity contribution < 1.29 is 9.59 Å². The number of rotatable bonds is 7. The van der Waals surface area contributed by atoms with Gasteiger partial charge in [-0.15, -0.1) is 0 Å². The topological polar surface area (TPSA) is 76.0 Å². The van der Waals surface area contributed by atoms with Crippen LogP contribution in [0.15, 0.2) is 54.6 Å². The summed E-state index contributed by atoms with van der Waals surface area (Å²) in [6.07, 6.45) is 3.30. The summed E-state index contributed by atoms with van der Waals surface area (Å²) in [5, 5.41) is 10.2. The molecule has 0 atom stereocenters. The number of benzene rings is 2. The number of carbonyl (C=O) groups excluding carboxylic acids is 2. The van der Waals surface area contributed by atoms with E-state index >= 15 is 0 Å². The maximum atomic E-state index is 12.4. The van der Waals surface area contributed by atoms with E-state index in [1.807, 2.05) is 25.5 Å². The first kappa shape index (κ1) is 22.0. The standard InChI is InChI=1S/C25H28N4O2/c1-5-26-25(31)21-10-12-22(13-11-21)27-24(30)15-14-23-18(3)28-29(19(23)4)16-20-8-6-17(2)7-9-20/h6-15H,5,16H2,1-4H3,(H,26,31)(H,27,30). The molecule has 2 N–H and O–H groups in total. The fourth-order valence-corrected chi connectivity index (χ4v) is 3.28. The summed E-state index contributed by atoms with van der Waals surface area (Å²) in [4.78, 5) is 24.2. The molecule has 160 valence electrons. The van der Waals surface area contributed by atoms with Crippen molar-refractivity contribution in [1.29, 1.82) is 0 Å². The van der Waals surface area contributed by atoms with E-state index in [4.69, 9.17) is 0 Å². The second-order valence-corrected chi connectivity index (χ2v) is 7.49. The van der Waals surface area contributed by atoms with E-state index in [1.54, 1.807) is 30.3 Å². The summed E-state index contributed by atoms with van der Waals surface area (Å²) in [6.45, 7) is 9.14. The molecule has 0 saturated carbocycles. The van der Waals surface area contributed by atoms with Gasteiger partial charge in [-0.1, -0.05) is 29.8 Å². The predicted octanol–water partition coefficient (Wildman–Crippen LogP) is 4.26. The van der Waals surface area contributed by atoms with Gasteiger partial charge in [0, 0.05) is 35.1 Å². The first-order valence-electron chi connectivity index (χ1n) is 10.3. The van der Waals surface area contributed by atoms with Crippen molar-refractivity contribution in [2.24, 2.45) is 0 Å². The molecule has 0 bridgehead atoms. The zero-order valence-corrected chi connectivity index (χ0v) is 18.4. The lowest BCUT2D eigenvalue weighted by atomic mass is 10.1. The minimum atomic E-state index is -0.240. The lowest BCUT2D eigenvalue weighted by molar-refractivity contribution is -0.111. The number of aryl methyl sites for hydroxylation is 2. The smallest absolute Gasteiger partial charge is 0.251 e. The van der Waals surface area contributed by atoms with Crippen LogP contribution in [0.5, 0.6) is 0 Å². The summed E-state index contributed by atoms with van der Waals surface area (Å²) < 4.78 is 1.96. The maximum absolute atomic E-state index is 12.4. The van der Waals surface area contributed by atoms with Gasteiger partial charge in [-0.25, -0.2) is 0 Å². The lowest BCUT2D eigenvalue weighted by Gasteiger charge is -2.06. The lowest BCUT2D eigenvalue weighted by Crippen LogP contribution is -2.22. The molecule has 6 nitrogen and oxygen atoms in total. The Morgan fingerprint density at radius 1 is 1.00 bits per heavy atom. The molecule has 0 saturated heterocycles. The number of nitrogens with one attached hydrogen (secondary N) is 2. The molecule has 2 amide bonds. The molecule has 0 spiro atoms. The highest BCUT2D eigenvalue weighted by atomic mass is 16.2. The van der Waals surface area contributed by atoms with Gasteiger partial charge in [0.05, 0.1) is 12.2 Å². The Morgan fingerprint density at radius 3 is 2.32 bits per heavy atom. The molecule has 1 heterocycles. The van der Waals surface area contributed by atoms with Crippen molar-refractivity contribution in [2.45, 2.75) is 34.2 Å². The van der Waals surface area contributed by atoms with Crippen molar-refractivity contribution in [3.8, 4) is 0 Å². The molecule has 0 radical (unpaired) electrons. The van der Waals surface area contributed by atoms with Crippen LogP contribution in [0, 0.1) is 20.8 Å². The highest BCUT2D eigenvalue weighted by Gasteiger charge is 2.10. The zero-order valence-electron chi connectivity index (χ0n) is 18.4. The van der Waals surface area contributed by atoms with Gasteiger partial charge in [-0.05, 0) is 63.6 Å². The van der Waals surface area contributed by atoms with Crippen molar-refractivity contribution in [2.75, 3.05) is 11.9 Å². The molecular weight excluding hydrogens is 388 g/mol. The Balaban J connectivity index is 1.66. The van der Waals surface area contributed by atoms with Crippen LogP contribution in [-0.2, 0) is 11.3 Å². The molecule has 3 aromatic rings. The first-order chi connectivity index (χ1) is 14.9. The van der Waals surface area contributed by atoms with Crippen LogP contribution in [0.2, 0.25) is 0 Å². The third kappa shape index (κ3) is 5.69. The zero-order chi connectivity index (χ0) is 22.4. The molecule has 2 aromatic carbocycles. The summed E-state index contributed by atoms with van der Waals surface area (Å²) in [5.74, 6) is -0.371. The van der Waals surface area contributed by atoms with E-state index < -0.39 is 0 Å². The van der Waals surface area contributed by atoms with Crippen LogP contribution in [-0.4, -0.2) is 28.1 Å². The van der Waals surface area contributed by atoms with Gasteiger partial charge >= 0.3 is 0 Å². The Kier molecular flexibility index (Phi) is 7.03.